The molecule has 0 spiro atoms. The number of methoxy groups -OCH3 is 2. The SMILES string of the molecule is CCC1C=C(C)CC(C)CC(OC)C2OC(O)(C(=O)C(=O)N3CCCCC3C(=O)OC(C(C)=CC34CCCCN3CCOC4)C(C)CCC1=O)C(C)CC2OC. The number of rotatable bonds is 5. The minimum atomic E-state index is -2.45. The smallest absolute Gasteiger partial charge is 0.329 e. The Balaban J connectivity index is 1.53. The molecular weight excluding hydrogens is 716 g/mol. The molecule has 12 heteroatoms. The van der Waals surface area contributed by atoms with E-state index in [-0.39, 0.29) is 42.0 Å². The first-order valence-electron chi connectivity index (χ1n) is 21.4. The van der Waals surface area contributed by atoms with Gasteiger partial charge in [-0.2, -0.15) is 0 Å². The lowest BCUT2D eigenvalue weighted by Gasteiger charge is -2.49. The summed E-state index contributed by atoms with van der Waals surface area (Å²) >= 11 is 0. The zero-order valence-electron chi connectivity index (χ0n) is 35.4. The van der Waals surface area contributed by atoms with Gasteiger partial charge in [-0.05, 0) is 108 Å². The van der Waals surface area contributed by atoms with Crippen molar-refractivity contribution in [2.75, 3.05) is 47.1 Å². The van der Waals surface area contributed by atoms with Crippen LogP contribution >= 0.6 is 0 Å². The third kappa shape index (κ3) is 9.85. The van der Waals surface area contributed by atoms with Gasteiger partial charge < -0.3 is 33.7 Å². The van der Waals surface area contributed by atoms with Crippen LogP contribution in [0.4, 0.5) is 0 Å². The summed E-state index contributed by atoms with van der Waals surface area (Å²) in [5.74, 6) is -6.07. The second-order valence-electron chi connectivity index (χ2n) is 17.7. The van der Waals surface area contributed by atoms with E-state index in [0.29, 0.717) is 64.6 Å². The molecule has 11 atom stereocenters. The van der Waals surface area contributed by atoms with Crippen molar-refractivity contribution in [2.45, 2.75) is 160 Å². The number of hydrogen-bond donors (Lipinski definition) is 1. The Hall–Kier alpha value is -2.48. The van der Waals surface area contributed by atoms with Crippen LogP contribution in [0.5, 0.6) is 0 Å². The van der Waals surface area contributed by atoms with Gasteiger partial charge in [0.15, 0.2) is 0 Å². The number of nitrogens with zero attached hydrogens (tertiary/aromatic N) is 2. The molecule has 56 heavy (non-hydrogen) atoms. The van der Waals surface area contributed by atoms with Gasteiger partial charge >= 0.3 is 5.97 Å². The molecule has 1 amide bonds. The highest BCUT2D eigenvalue weighted by molar-refractivity contribution is 6.39. The highest BCUT2D eigenvalue weighted by Crippen LogP contribution is 2.40. The van der Waals surface area contributed by atoms with Crippen LogP contribution in [0.3, 0.4) is 0 Å². The standard InChI is InChI=1S/C44H70N2O10/c1-9-33-23-28(2)22-29(3)24-36(52-7)39-37(53-8)25-32(6)44(51,56-39)40(48)41(49)46-19-12-10-14-34(46)42(50)55-38(30(4)15-16-35(33)47)31(5)26-43-17-11-13-18-45(43)20-21-54-27-43/h23,26,29-30,32-34,36-39,51H,9-22,24-25,27H2,1-8H3. The third-order valence-corrected chi connectivity index (χ3v) is 13.4. The van der Waals surface area contributed by atoms with Crippen molar-refractivity contribution < 1.29 is 48.0 Å². The number of fused-ring (bicyclic) bond motifs is 4. The quantitative estimate of drug-likeness (QED) is 0.212. The number of carbonyl (C=O) groups excluding carboxylic acids is 4. The van der Waals surface area contributed by atoms with Gasteiger partial charge in [0, 0.05) is 45.6 Å². The highest BCUT2D eigenvalue weighted by atomic mass is 16.7. The van der Waals surface area contributed by atoms with Crippen LogP contribution in [0.1, 0.15) is 119 Å². The molecule has 1 N–H and O–H groups in total. The lowest BCUT2D eigenvalue weighted by Crippen LogP contribution is -2.64. The first-order valence-corrected chi connectivity index (χ1v) is 21.4. The Morgan fingerprint density at radius 2 is 1.70 bits per heavy atom. The van der Waals surface area contributed by atoms with Crippen LogP contribution in [0.15, 0.2) is 23.3 Å². The van der Waals surface area contributed by atoms with E-state index >= 15 is 0 Å². The molecule has 5 aliphatic heterocycles. The molecule has 5 heterocycles. The lowest BCUT2D eigenvalue weighted by molar-refractivity contribution is -0.302. The van der Waals surface area contributed by atoms with Crippen molar-refractivity contribution >= 4 is 23.4 Å². The summed E-state index contributed by atoms with van der Waals surface area (Å²) in [6, 6.07) is -1.02. The van der Waals surface area contributed by atoms with Crippen molar-refractivity contribution in [3.05, 3.63) is 23.3 Å². The summed E-state index contributed by atoms with van der Waals surface area (Å²) in [6.45, 7) is 15.1. The number of Topliss-reactive ketones (excluding diaryl/α,β-unsaturated/α-hetero) is 2. The average molecular weight is 787 g/mol. The fraction of sp³-hybridized carbons (Fsp3) is 0.818. The number of ether oxygens (including phenoxy) is 5. The Morgan fingerprint density at radius 1 is 0.982 bits per heavy atom. The van der Waals surface area contributed by atoms with E-state index in [9.17, 15) is 24.3 Å². The van der Waals surface area contributed by atoms with Crippen LogP contribution < -0.4 is 0 Å². The van der Waals surface area contributed by atoms with E-state index in [2.05, 4.69) is 24.0 Å². The van der Waals surface area contributed by atoms with Crippen LogP contribution in [-0.2, 0) is 42.9 Å². The maximum absolute atomic E-state index is 14.4. The number of carbonyl (C=O) groups is 4. The van der Waals surface area contributed by atoms with Gasteiger partial charge in [-0.1, -0.05) is 45.4 Å². The summed E-state index contributed by atoms with van der Waals surface area (Å²) in [5, 5.41) is 12.1. The predicted octanol–water partition coefficient (Wildman–Crippen LogP) is 5.58. The van der Waals surface area contributed by atoms with Gasteiger partial charge in [-0.25, -0.2) is 4.79 Å². The summed E-state index contributed by atoms with van der Waals surface area (Å²) in [4.78, 5) is 60.5. The fourth-order valence-corrected chi connectivity index (χ4v) is 10.1. The molecule has 0 radical (unpaired) electrons. The number of hydrogen-bond acceptors (Lipinski definition) is 11. The normalized spacial score (nSPS) is 39.5. The Morgan fingerprint density at radius 3 is 2.41 bits per heavy atom. The average Bonchev–Trinajstić information content (AvgIpc) is 3.19. The number of aliphatic hydroxyl groups is 1. The van der Waals surface area contributed by atoms with Crippen molar-refractivity contribution in [2.24, 2.45) is 23.7 Å². The first kappa shape index (κ1) is 44.6. The molecule has 4 fully saturated rings. The zero-order chi connectivity index (χ0) is 40.8. The number of allylic oxidation sites excluding steroid dienone is 2. The van der Waals surface area contributed by atoms with E-state index < -0.39 is 59.8 Å². The zero-order valence-corrected chi connectivity index (χ0v) is 35.4. The Kier molecular flexibility index (Phi) is 15.5. The number of esters is 1. The van der Waals surface area contributed by atoms with Gasteiger partial charge in [0.1, 0.15) is 24.0 Å². The van der Waals surface area contributed by atoms with Gasteiger partial charge in [-0.3, -0.25) is 19.3 Å². The van der Waals surface area contributed by atoms with Crippen molar-refractivity contribution in [3.63, 3.8) is 0 Å². The minimum absolute atomic E-state index is 0.103. The molecule has 12 nitrogen and oxygen atoms in total. The van der Waals surface area contributed by atoms with Crippen LogP contribution in [0.25, 0.3) is 0 Å². The van der Waals surface area contributed by atoms with E-state index in [1.54, 1.807) is 21.1 Å². The number of piperidine rings is 2. The summed E-state index contributed by atoms with van der Waals surface area (Å²) < 4.78 is 30.6. The number of amides is 1. The van der Waals surface area contributed by atoms with E-state index in [4.69, 9.17) is 23.7 Å². The second kappa shape index (κ2) is 19.5. The van der Waals surface area contributed by atoms with Gasteiger partial charge in [0.25, 0.3) is 11.7 Å². The summed E-state index contributed by atoms with van der Waals surface area (Å²) in [5.41, 5.74) is 1.68. The molecule has 2 bridgehead atoms. The minimum Gasteiger partial charge on any atom is -0.456 e. The molecule has 0 saturated carbocycles. The molecule has 4 saturated heterocycles. The Labute approximate surface area is 335 Å². The third-order valence-electron chi connectivity index (χ3n) is 13.4. The topological polar surface area (TPSA) is 141 Å². The molecule has 0 aliphatic carbocycles. The Bertz CT molecular complexity index is 1450. The predicted molar refractivity (Wildman–Crippen MR) is 212 cm³/mol. The van der Waals surface area contributed by atoms with Crippen molar-refractivity contribution in [1.82, 2.24) is 9.80 Å². The molecule has 0 aromatic heterocycles. The number of morpholine rings is 1. The first-order chi connectivity index (χ1) is 26.7. The lowest BCUT2D eigenvalue weighted by atomic mass is 9.82. The molecule has 11 unspecified atom stereocenters. The molecule has 5 aliphatic rings. The number of ketones is 2. The molecule has 5 rings (SSSR count). The van der Waals surface area contributed by atoms with Gasteiger partial charge in [0.05, 0.1) is 31.0 Å². The maximum atomic E-state index is 14.4. The van der Waals surface area contributed by atoms with Crippen LogP contribution in [-0.4, -0.2) is 127 Å². The highest BCUT2D eigenvalue weighted by Gasteiger charge is 2.56. The fourth-order valence-electron chi connectivity index (χ4n) is 10.1. The van der Waals surface area contributed by atoms with Crippen molar-refractivity contribution in [1.29, 1.82) is 0 Å². The molecule has 316 valence electrons. The molecule has 0 aromatic carbocycles. The van der Waals surface area contributed by atoms with Gasteiger partial charge in [0.2, 0.25) is 5.79 Å². The van der Waals surface area contributed by atoms with E-state index in [1.165, 1.54) is 4.90 Å². The largest absolute Gasteiger partial charge is 0.456 e. The second-order valence-corrected chi connectivity index (χ2v) is 17.7. The maximum Gasteiger partial charge on any atom is 0.329 e. The molecular formula is C44H70N2O10. The van der Waals surface area contributed by atoms with E-state index in [0.717, 1.165) is 43.5 Å². The summed E-state index contributed by atoms with van der Waals surface area (Å²) in [6.07, 6.45) is 9.50. The number of cyclic esters (lactones) is 1. The van der Waals surface area contributed by atoms with Crippen LogP contribution in [0, 0.1) is 23.7 Å². The monoisotopic (exact) mass is 787 g/mol. The van der Waals surface area contributed by atoms with Crippen LogP contribution in [0.2, 0.25) is 0 Å². The van der Waals surface area contributed by atoms with Gasteiger partial charge in [-0.15, -0.1) is 0 Å². The molecule has 0 aromatic rings. The summed E-state index contributed by atoms with van der Waals surface area (Å²) in [7, 11) is 3.13. The van der Waals surface area contributed by atoms with Crippen molar-refractivity contribution in [3.8, 4) is 0 Å². The van der Waals surface area contributed by atoms with E-state index in [1.807, 2.05) is 27.7 Å².